The summed E-state index contributed by atoms with van der Waals surface area (Å²) in [6.07, 6.45) is 11.9. The van der Waals surface area contributed by atoms with E-state index in [4.69, 9.17) is 0 Å². The second-order valence-corrected chi connectivity index (χ2v) is 14.3. The molecule has 0 saturated carbocycles. The van der Waals surface area contributed by atoms with Crippen molar-refractivity contribution in [3.05, 3.63) is 144 Å². The minimum Gasteiger partial charge on any atom is -0.0977 e. The highest BCUT2D eigenvalue weighted by Crippen LogP contribution is 2.46. The largest absolute Gasteiger partial charge is 0.0977 e. The molecule has 0 aliphatic heterocycles. The van der Waals surface area contributed by atoms with E-state index in [1.807, 2.05) is 0 Å². The van der Waals surface area contributed by atoms with Gasteiger partial charge < -0.3 is 0 Å². The van der Waals surface area contributed by atoms with Gasteiger partial charge in [0, 0.05) is 0 Å². The Labute approximate surface area is 215 Å². The zero-order valence-electron chi connectivity index (χ0n) is 20.8. The first-order valence-corrected chi connectivity index (χ1v) is 16.7. The summed E-state index contributed by atoms with van der Waals surface area (Å²) in [4.78, 5) is 0. The summed E-state index contributed by atoms with van der Waals surface area (Å²) in [5.41, 5.74) is 6.01. The van der Waals surface area contributed by atoms with Crippen LogP contribution in [0.25, 0.3) is 0 Å². The summed E-state index contributed by atoms with van der Waals surface area (Å²) >= 11 is 0. The predicted octanol–water partition coefficient (Wildman–Crippen LogP) is 9.92. The molecule has 0 saturated heterocycles. The zero-order valence-corrected chi connectivity index (χ0v) is 22.6. The summed E-state index contributed by atoms with van der Waals surface area (Å²) in [5.74, 6) is 0. The van der Waals surface area contributed by atoms with Gasteiger partial charge in [-0.15, -0.1) is 0 Å². The standard InChI is InChI=1S/C33H38P2/c1-6-16-30(17-7-1)26-34(27-31-18-8-2-9-19-31)24-14-5-15-25-35(28-32-20-10-3-11-21-32)29-33-22-12-4-13-23-33/h1-4,6-13,16-23H,5,14-15,24-29H2. The molecule has 0 N–H and O–H groups in total. The SMILES string of the molecule is c1ccc(CP(CCCCCP(Cc2ccccc2)Cc2ccccc2)Cc2ccccc2)cc1. The Balaban J connectivity index is 1.28. The van der Waals surface area contributed by atoms with E-state index in [2.05, 4.69) is 121 Å². The maximum Gasteiger partial charge on any atom is -0.00701 e. The lowest BCUT2D eigenvalue weighted by Crippen LogP contribution is -1.97. The van der Waals surface area contributed by atoms with Crippen LogP contribution in [-0.2, 0) is 24.6 Å². The maximum absolute atomic E-state index is 2.31. The molecule has 0 nitrogen and oxygen atoms in total. The molecule has 0 atom stereocenters. The Morgan fingerprint density at radius 3 is 0.829 bits per heavy atom. The molecule has 4 aromatic carbocycles. The van der Waals surface area contributed by atoms with Crippen LogP contribution in [0.2, 0.25) is 0 Å². The summed E-state index contributed by atoms with van der Waals surface area (Å²) in [7, 11) is -0.0388. The molecular weight excluding hydrogens is 458 g/mol. The van der Waals surface area contributed by atoms with Crippen LogP contribution in [-0.4, -0.2) is 12.3 Å². The van der Waals surface area contributed by atoms with Crippen molar-refractivity contribution in [1.29, 1.82) is 0 Å². The molecule has 0 amide bonds. The number of hydrogen-bond donors (Lipinski definition) is 0. The average molecular weight is 497 g/mol. The lowest BCUT2D eigenvalue weighted by atomic mass is 10.2. The normalized spacial score (nSPS) is 11.3. The first kappa shape index (κ1) is 25.8. The number of rotatable bonds is 14. The summed E-state index contributed by atoms with van der Waals surface area (Å²) in [5, 5.41) is 0. The van der Waals surface area contributed by atoms with Crippen LogP contribution in [0.4, 0.5) is 0 Å². The minimum atomic E-state index is -0.0194. The first-order chi connectivity index (χ1) is 17.3. The Morgan fingerprint density at radius 1 is 0.314 bits per heavy atom. The topological polar surface area (TPSA) is 0 Å². The van der Waals surface area contributed by atoms with Crippen molar-refractivity contribution < 1.29 is 0 Å². The molecular formula is C33H38P2. The Bertz CT molecular complexity index is 893. The molecule has 0 bridgehead atoms. The third-order valence-electron chi connectivity index (χ3n) is 6.44. The van der Waals surface area contributed by atoms with Crippen molar-refractivity contribution in [1.82, 2.24) is 0 Å². The molecule has 2 heteroatoms. The molecule has 0 spiro atoms. The van der Waals surface area contributed by atoms with Crippen LogP contribution in [0.1, 0.15) is 41.5 Å². The van der Waals surface area contributed by atoms with E-state index in [1.54, 1.807) is 0 Å². The third kappa shape index (κ3) is 9.72. The van der Waals surface area contributed by atoms with Gasteiger partial charge in [0.15, 0.2) is 0 Å². The average Bonchev–Trinajstić information content (AvgIpc) is 2.91. The zero-order chi connectivity index (χ0) is 24.0. The van der Waals surface area contributed by atoms with Crippen LogP contribution in [0, 0.1) is 0 Å². The third-order valence-corrected chi connectivity index (χ3v) is 11.6. The van der Waals surface area contributed by atoms with Crippen LogP contribution in [0.5, 0.6) is 0 Å². The fourth-order valence-electron chi connectivity index (χ4n) is 4.64. The highest BCUT2D eigenvalue weighted by atomic mass is 31.1. The smallest absolute Gasteiger partial charge is 0.00701 e. The van der Waals surface area contributed by atoms with E-state index < -0.39 is 0 Å². The quantitative estimate of drug-likeness (QED) is 0.120. The molecule has 0 aromatic heterocycles. The van der Waals surface area contributed by atoms with Crippen molar-refractivity contribution in [3.8, 4) is 0 Å². The van der Waals surface area contributed by atoms with Crippen LogP contribution in [0.3, 0.4) is 0 Å². The molecule has 0 radical (unpaired) electrons. The van der Waals surface area contributed by atoms with Gasteiger partial charge in [-0.25, -0.2) is 0 Å². The van der Waals surface area contributed by atoms with Crippen molar-refractivity contribution in [2.45, 2.75) is 43.9 Å². The monoisotopic (exact) mass is 496 g/mol. The maximum atomic E-state index is 2.31. The van der Waals surface area contributed by atoms with Crippen molar-refractivity contribution >= 4 is 15.8 Å². The van der Waals surface area contributed by atoms with Crippen molar-refractivity contribution in [3.63, 3.8) is 0 Å². The van der Waals surface area contributed by atoms with E-state index in [0.717, 1.165) is 0 Å². The van der Waals surface area contributed by atoms with Crippen molar-refractivity contribution in [2.75, 3.05) is 12.3 Å². The Kier molecular flexibility index (Phi) is 11.1. The molecule has 180 valence electrons. The van der Waals surface area contributed by atoms with Gasteiger partial charge >= 0.3 is 0 Å². The number of unbranched alkanes of at least 4 members (excludes halogenated alkanes) is 2. The Morgan fingerprint density at radius 2 is 0.571 bits per heavy atom. The van der Waals surface area contributed by atoms with E-state index in [1.165, 1.54) is 78.5 Å². The first-order valence-electron chi connectivity index (χ1n) is 13.0. The van der Waals surface area contributed by atoms with Crippen molar-refractivity contribution in [2.24, 2.45) is 0 Å². The van der Waals surface area contributed by atoms with E-state index in [0.29, 0.717) is 0 Å². The van der Waals surface area contributed by atoms with E-state index in [-0.39, 0.29) is 15.8 Å². The molecule has 0 aliphatic carbocycles. The van der Waals surface area contributed by atoms with Gasteiger partial charge in [0.1, 0.15) is 0 Å². The second kappa shape index (κ2) is 15.0. The highest BCUT2D eigenvalue weighted by Gasteiger charge is 2.12. The predicted molar refractivity (Wildman–Crippen MR) is 158 cm³/mol. The molecule has 0 unspecified atom stereocenters. The fraction of sp³-hybridized carbons (Fsp3) is 0.273. The van der Waals surface area contributed by atoms with Crippen LogP contribution in [0.15, 0.2) is 121 Å². The van der Waals surface area contributed by atoms with Gasteiger partial charge in [-0.05, 0) is 72.1 Å². The lowest BCUT2D eigenvalue weighted by Gasteiger charge is -2.20. The molecule has 4 aromatic rings. The van der Waals surface area contributed by atoms with E-state index in [9.17, 15) is 0 Å². The van der Waals surface area contributed by atoms with Gasteiger partial charge in [-0.3, -0.25) is 0 Å². The number of hydrogen-bond acceptors (Lipinski definition) is 0. The number of benzene rings is 4. The van der Waals surface area contributed by atoms with Gasteiger partial charge in [0.2, 0.25) is 0 Å². The van der Waals surface area contributed by atoms with E-state index >= 15 is 0 Å². The van der Waals surface area contributed by atoms with Gasteiger partial charge in [-0.2, -0.15) is 0 Å². The molecule has 0 heterocycles. The summed E-state index contributed by atoms with van der Waals surface area (Å²) in [6.45, 7) is 0. The van der Waals surface area contributed by atoms with Gasteiger partial charge in [0.05, 0.1) is 0 Å². The molecule has 4 rings (SSSR count). The fourth-order valence-corrected chi connectivity index (χ4v) is 9.75. The van der Waals surface area contributed by atoms with Crippen LogP contribution >= 0.6 is 15.8 Å². The molecule has 0 fully saturated rings. The minimum absolute atomic E-state index is 0.0194. The lowest BCUT2D eigenvalue weighted by molar-refractivity contribution is 0.777. The Hall–Kier alpha value is -2.26. The summed E-state index contributed by atoms with van der Waals surface area (Å²) in [6, 6.07) is 44.5. The summed E-state index contributed by atoms with van der Waals surface area (Å²) < 4.78 is 0. The highest BCUT2D eigenvalue weighted by molar-refractivity contribution is 7.56. The van der Waals surface area contributed by atoms with Crippen LogP contribution < -0.4 is 0 Å². The van der Waals surface area contributed by atoms with Gasteiger partial charge in [-0.1, -0.05) is 144 Å². The second-order valence-electron chi connectivity index (χ2n) is 9.42. The molecule has 35 heavy (non-hydrogen) atoms. The van der Waals surface area contributed by atoms with Gasteiger partial charge in [0.25, 0.3) is 0 Å². The molecule has 0 aliphatic rings.